The number of nitrogens with zero attached hydrogens (tertiary/aromatic N) is 2. The normalized spacial score (nSPS) is 15.3. The molecule has 0 bridgehead atoms. The number of fused-ring (bicyclic) bond motifs is 2. The van der Waals surface area contributed by atoms with Gasteiger partial charge in [0.05, 0.1) is 33.6 Å². The molecule has 6 heteroatoms. The summed E-state index contributed by atoms with van der Waals surface area (Å²) in [5.41, 5.74) is 1.94. The lowest BCUT2D eigenvalue weighted by atomic mass is 10.1. The highest BCUT2D eigenvalue weighted by molar-refractivity contribution is 6.36. The fourth-order valence-corrected chi connectivity index (χ4v) is 3.62. The number of amides is 4. The van der Waals surface area contributed by atoms with Crippen LogP contribution in [0.2, 0.25) is 0 Å². The van der Waals surface area contributed by atoms with E-state index in [0.29, 0.717) is 33.6 Å². The zero-order valence-electron chi connectivity index (χ0n) is 14.5. The summed E-state index contributed by atoms with van der Waals surface area (Å²) in [4.78, 5) is 52.9. The Kier molecular flexibility index (Phi) is 3.30. The molecule has 5 rings (SSSR count). The fourth-order valence-electron chi connectivity index (χ4n) is 3.62. The van der Waals surface area contributed by atoms with Crippen LogP contribution in [0, 0.1) is 0 Å². The van der Waals surface area contributed by atoms with Crippen LogP contribution < -0.4 is 9.80 Å². The van der Waals surface area contributed by atoms with E-state index in [1.165, 1.54) is 6.07 Å². The largest absolute Gasteiger partial charge is 0.268 e. The third-order valence-electron chi connectivity index (χ3n) is 4.93. The van der Waals surface area contributed by atoms with Crippen molar-refractivity contribution in [1.29, 1.82) is 0 Å². The second-order valence-corrected chi connectivity index (χ2v) is 6.50. The van der Waals surface area contributed by atoms with Gasteiger partial charge in [0.1, 0.15) is 0 Å². The number of hydrogen-bond donors (Lipinski definition) is 0. The lowest BCUT2D eigenvalue weighted by Crippen LogP contribution is -2.31. The highest BCUT2D eigenvalue weighted by Crippen LogP contribution is 2.33. The number of carbonyl (C=O) groups excluding carboxylic acids is 4. The Morgan fingerprint density at radius 1 is 0.429 bits per heavy atom. The number of benzene rings is 3. The van der Waals surface area contributed by atoms with Gasteiger partial charge in [-0.1, -0.05) is 30.3 Å². The van der Waals surface area contributed by atoms with Gasteiger partial charge in [-0.2, -0.15) is 0 Å². The summed E-state index contributed by atoms with van der Waals surface area (Å²) in [6.07, 6.45) is 0. The summed E-state index contributed by atoms with van der Waals surface area (Å²) >= 11 is 0. The van der Waals surface area contributed by atoms with E-state index in [-0.39, 0.29) is 0 Å². The molecular weight excluding hydrogens is 356 g/mol. The molecule has 0 N–H and O–H groups in total. The van der Waals surface area contributed by atoms with E-state index < -0.39 is 23.6 Å². The van der Waals surface area contributed by atoms with Crippen molar-refractivity contribution in [2.24, 2.45) is 0 Å². The smallest absolute Gasteiger partial charge is 0.266 e. The van der Waals surface area contributed by atoms with Crippen molar-refractivity contribution in [2.75, 3.05) is 9.80 Å². The molecule has 0 aromatic heterocycles. The average Bonchev–Trinajstić information content (AvgIpc) is 3.13. The highest BCUT2D eigenvalue weighted by Gasteiger charge is 2.39. The zero-order chi connectivity index (χ0) is 19.4. The summed E-state index contributed by atoms with van der Waals surface area (Å²) in [7, 11) is 0. The summed E-state index contributed by atoms with van der Waals surface area (Å²) < 4.78 is 0. The van der Waals surface area contributed by atoms with Crippen molar-refractivity contribution < 1.29 is 19.2 Å². The molecule has 0 unspecified atom stereocenters. The summed E-state index contributed by atoms with van der Waals surface area (Å²) in [5.74, 6) is -1.72. The van der Waals surface area contributed by atoms with Gasteiger partial charge in [0.15, 0.2) is 0 Å². The third kappa shape index (κ3) is 2.08. The molecule has 6 nitrogen and oxygen atoms in total. The minimum absolute atomic E-state index is 0.306. The monoisotopic (exact) mass is 368 g/mol. The molecule has 0 radical (unpaired) electrons. The van der Waals surface area contributed by atoms with Crippen molar-refractivity contribution >= 4 is 35.0 Å². The zero-order valence-corrected chi connectivity index (χ0v) is 14.5. The fraction of sp³-hybridized carbons (Fsp3) is 0. The van der Waals surface area contributed by atoms with E-state index in [4.69, 9.17) is 0 Å². The maximum absolute atomic E-state index is 12.7. The number of rotatable bonds is 2. The van der Waals surface area contributed by atoms with Gasteiger partial charge in [-0.25, -0.2) is 9.80 Å². The van der Waals surface area contributed by atoms with E-state index in [1.54, 1.807) is 66.7 Å². The van der Waals surface area contributed by atoms with Crippen molar-refractivity contribution in [1.82, 2.24) is 0 Å². The van der Waals surface area contributed by atoms with Crippen LogP contribution in [0.5, 0.6) is 0 Å². The van der Waals surface area contributed by atoms with Crippen molar-refractivity contribution in [3.8, 4) is 0 Å². The van der Waals surface area contributed by atoms with E-state index >= 15 is 0 Å². The van der Waals surface area contributed by atoms with Crippen molar-refractivity contribution in [3.05, 3.63) is 95.1 Å². The number of imide groups is 2. The Hall–Kier alpha value is -4.06. The second-order valence-electron chi connectivity index (χ2n) is 6.50. The Bertz CT molecular complexity index is 1050. The highest BCUT2D eigenvalue weighted by atomic mass is 16.2. The molecule has 2 aliphatic heterocycles. The van der Waals surface area contributed by atoms with Gasteiger partial charge < -0.3 is 0 Å². The summed E-state index contributed by atoms with van der Waals surface area (Å²) in [6.45, 7) is 0. The van der Waals surface area contributed by atoms with Crippen LogP contribution in [0.3, 0.4) is 0 Å². The van der Waals surface area contributed by atoms with Crippen LogP contribution >= 0.6 is 0 Å². The molecule has 0 spiro atoms. The van der Waals surface area contributed by atoms with E-state index in [0.717, 1.165) is 9.80 Å². The van der Waals surface area contributed by atoms with Gasteiger partial charge in [-0.3, -0.25) is 19.2 Å². The van der Waals surface area contributed by atoms with Crippen LogP contribution in [-0.4, -0.2) is 23.6 Å². The molecule has 2 heterocycles. The van der Waals surface area contributed by atoms with E-state index in [2.05, 4.69) is 0 Å². The number of carbonyl (C=O) groups is 4. The van der Waals surface area contributed by atoms with Gasteiger partial charge in [-0.15, -0.1) is 0 Å². The molecular formula is C22H12N2O4. The number of hydrogen-bond acceptors (Lipinski definition) is 4. The molecule has 28 heavy (non-hydrogen) atoms. The van der Waals surface area contributed by atoms with Crippen LogP contribution in [-0.2, 0) is 0 Å². The van der Waals surface area contributed by atoms with Gasteiger partial charge in [0.2, 0.25) is 0 Å². The average molecular weight is 368 g/mol. The van der Waals surface area contributed by atoms with Crippen molar-refractivity contribution in [2.45, 2.75) is 0 Å². The van der Waals surface area contributed by atoms with Gasteiger partial charge in [0, 0.05) is 0 Å². The minimum atomic E-state index is -0.430. The quantitative estimate of drug-likeness (QED) is 0.651. The first-order valence-corrected chi connectivity index (χ1v) is 8.63. The Morgan fingerprint density at radius 3 is 1.07 bits per heavy atom. The SMILES string of the molecule is O=C1c2ccccc2C(=O)N1c1cccc(N2C(=O)c3ccccc3C2=O)c1. The van der Waals surface area contributed by atoms with Crippen LogP contribution in [0.1, 0.15) is 41.4 Å². The molecule has 134 valence electrons. The molecule has 0 aliphatic carbocycles. The number of anilines is 2. The topological polar surface area (TPSA) is 74.8 Å². The van der Waals surface area contributed by atoms with Crippen LogP contribution in [0.25, 0.3) is 0 Å². The predicted octanol–water partition coefficient (Wildman–Crippen LogP) is 3.29. The molecule has 0 saturated heterocycles. The molecule has 3 aromatic carbocycles. The minimum Gasteiger partial charge on any atom is -0.268 e. The predicted molar refractivity (Wildman–Crippen MR) is 102 cm³/mol. The molecule has 2 aliphatic rings. The lowest BCUT2D eigenvalue weighted by molar-refractivity contribution is 0.0912. The standard InChI is InChI=1S/C22H12N2O4/c25-19-15-8-1-2-9-16(15)20(26)23(19)13-6-5-7-14(12-13)24-21(27)17-10-3-4-11-18(17)22(24)28/h1-12H. The third-order valence-corrected chi connectivity index (χ3v) is 4.93. The van der Waals surface area contributed by atoms with Gasteiger partial charge in [0.25, 0.3) is 23.6 Å². The van der Waals surface area contributed by atoms with Crippen molar-refractivity contribution in [3.63, 3.8) is 0 Å². The molecule has 0 atom stereocenters. The first kappa shape index (κ1) is 16.1. The van der Waals surface area contributed by atoms with Gasteiger partial charge in [-0.05, 0) is 42.5 Å². The summed E-state index contributed by atoms with van der Waals surface area (Å²) in [5, 5.41) is 0. The maximum atomic E-state index is 12.7. The Balaban J connectivity index is 1.56. The van der Waals surface area contributed by atoms with Crippen LogP contribution in [0.15, 0.2) is 72.8 Å². The summed E-state index contributed by atoms with van der Waals surface area (Å²) in [6, 6.07) is 19.5. The van der Waals surface area contributed by atoms with E-state index in [9.17, 15) is 19.2 Å². The van der Waals surface area contributed by atoms with Crippen LogP contribution in [0.4, 0.5) is 11.4 Å². The molecule has 4 amide bonds. The second kappa shape index (κ2) is 5.72. The lowest BCUT2D eigenvalue weighted by Gasteiger charge is -2.18. The van der Waals surface area contributed by atoms with Gasteiger partial charge >= 0.3 is 0 Å². The molecule has 0 saturated carbocycles. The first-order chi connectivity index (χ1) is 13.6. The Morgan fingerprint density at radius 2 is 0.750 bits per heavy atom. The maximum Gasteiger partial charge on any atom is 0.266 e. The first-order valence-electron chi connectivity index (χ1n) is 8.63. The molecule has 0 fully saturated rings. The Labute approximate surface area is 159 Å². The molecule has 3 aromatic rings. The van der Waals surface area contributed by atoms with E-state index in [1.807, 2.05) is 0 Å².